The van der Waals surface area contributed by atoms with Crippen molar-refractivity contribution in [3.05, 3.63) is 0 Å². The van der Waals surface area contributed by atoms with Gasteiger partial charge in [0.05, 0.1) is 24.4 Å². The molecule has 0 saturated carbocycles. The van der Waals surface area contributed by atoms with Crippen LogP contribution in [0.15, 0.2) is 0 Å². The van der Waals surface area contributed by atoms with Crippen LogP contribution in [0.4, 0.5) is 4.39 Å². The van der Waals surface area contributed by atoms with Crippen molar-refractivity contribution in [3.8, 4) is 0 Å². The predicted molar refractivity (Wildman–Crippen MR) is 101 cm³/mol. The molecule has 0 radical (unpaired) electrons. The zero-order chi connectivity index (χ0) is 18.4. The number of rotatable bonds is 7. The highest BCUT2D eigenvalue weighted by Crippen LogP contribution is 2.25. The molecule has 2 aliphatic heterocycles. The summed E-state index contributed by atoms with van der Waals surface area (Å²) in [7, 11) is 0. The lowest BCUT2D eigenvalue weighted by molar-refractivity contribution is -0.116. The number of piperidine rings is 2. The standard InChI is InChI=1S/C20H39FN2O2/c1-16(2)24-13-12-22-9-6-17(7-10-22)14-23-11-8-19(18(21)15-23)25-20(3,4)5/h16-19H,6-15H2,1-5H3. The van der Waals surface area contributed by atoms with Gasteiger partial charge in [0.1, 0.15) is 6.17 Å². The lowest BCUT2D eigenvalue weighted by Crippen LogP contribution is -2.50. The van der Waals surface area contributed by atoms with Gasteiger partial charge in [-0.05, 0) is 72.9 Å². The number of alkyl halides is 1. The molecule has 2 atom stereocenters. The number of likely N-dealkylation sites (tertiary alicyclic amines) is 2. The SMILES string of the molecule is CC(C)OCCN1CCC(CN2CCC(OC(C)(C)C)C(F)C2)CC1. The van der Waals surface area contributed by atoms with E-state index in [1.54, 1.807) is 0 Å². The topological polar surface area (TPSA) is 24.9 Å². The van der Waals surface area contributed by atoms with E-state index in [-0.39, 0.29) is 11.7 Å². The minimum absolute atomic E-state index is 0.237. The van der Waals surface area contributed by atoms with Crippen LogP contribution in [0, 0.1) is 5.92 Å². The summed E-state index contributed by atoms with van der Waals surface area (Å²) < 4.78 is 26.0. The zero-order valence-electron chi connectivity index (χ0n) is 17.0. The molecule has 0 N–H and O–H groups in total. The van der Waals surface area contributed by atoms with E-state index >= 15 is 0 Å². The second-order valence-electron chi connectivity index (χ2n) is 9.04. The smallest absolute Gasteiger partial charge is 0.139 e. The van der Waals surface area contributed by atoms with Crippen LogP contribution >= 0.6 is 0 Å². The molecule has 2 fully saturated rings. The molecule has 2 saturated heterocycles. The fourth-order valence-electron chi connectivity index (χ4n) is 3.87. The number of nitrogens with zero attached hydrogens (tertiary/aromatic N) is 2. The van der Waals surface area contributed by atoms with Gasteiger partial charge in [0.15, 0.2) is 0 Å². The molecular weight excluding hydrogens is 319 g/mol. The van der Waals surface area contributed by atoms with Gasteiger partial charge >= 0.3 is 0 Å². The molecule has 0 amide bonds. The van der Waals surface area contributed by atoms with Crippen molar-refractivity contribution in [3.63, 3.8) is 0 Å². The van der Waals surface area contributed by atoms with Crippen molar-refractivity contribution < 1.29 is 13.9 Å². The maximum absolute atomic E-state index is 14.5. The first kappa shape index (κ1) is 21.1. The highest BCUT2D eigenvalue weighted by molar-refractivity contribution is 4.85. The Bertz CT molecular complexity index is 378. The molecule has 148 valence electrons. The number of halogens is 1. The van der Waals surface area contributed by atoms with Gasteiger partial charge in [0.25, 0.3) is 0 Å². The highest BCUT2D eigenvalue weighted by atomic mass is 19.1. The van der Waals surface area contributed by atoms with E-state index in [0.29, 0.717) is 18.6 Å². The highest BCUT2D eigenvalue weighted by Gasteiger charge is 2.33. The van der Waals surface area contributed by atoms with Crippen molar-refractivity contribution in [2.75, 3.05) is 45.9 Å². The van der Waals surface area contributed by atoms with E-state index in [1.165, 1.54) is 12.8 Å². The van der Waals surface area contributed by atoms with E-state index in [9.17, 15) is 4.39 Å². The van der Waals surface area contributed by atoms with Crippen LogP contribution < -0.4 is 0 Å². The second-order valence-corrected chi connectivity index (χ2v) is 9.04. The molecule has 0 aromatic rings. The number of hydrogen-bond acceptors (Lipinski definition) is 4. The maximum Gasteiger partial charge on any atom is 0.139 e. The Morgan fingerprint density at radius 3 is 2.24 bits per heavy atom. The maximum atomic E-state index is 14.5. The molecule has 0 aliphatic carbocycles. The first-order chi connectivity index (χ1) is 11.7. The van der Waals surface area contributed by atoms with Crippen molar-refractivity contribution in [2.24, 2.45) is 5.92 Å². The fourth-order valence-corrected chi connectivity index (χ4v) is 3.87. The van der Waals surface area contributed by atoms with Crippen molar-refractivity contribution in [2.45, 2.75) is 77.9 Å². The quantitative estimate of drug-likeness (QED) is 0.697. The Kier molecular flexibility index (Phi) is 8.12. The Morgan fingerprint density at radius 1 is 1.04 bits per heavy atom. The molecule has 2 unspecified atom stereocenters. The minimum Gasteiger partial charge on any atom is -0.377 e. The van der Waals surface area contributed by atoms with E-state index in [0.717, 1.165) is 45.8 Å². The molecule has 2 heterocycles. The van der Waals surface area contributed by atoms with Crippen LogP contribution in [0.3, 0.4) is 0 Å². The van der Waals surface area contributed by atoms with Gasteiger partial charge in [-0.15, -0.1) is 0 Å². The van der Waals surface area contributed by atoms with Crippen LogP contribution in [0.25, 0.3) is 0 Å². The largest absolute Gasteiger partial charge is 0.377 e. The van der Waals surface area contributed by atoms with E-state index in [4.69, 9.17) is 9.47 Å². The van der Waals surface area contributed by atoms with Gasteiger partial charge in [0, 0.05) is 26.2 Å². The minimum atomic E-state index is -0.860. The summed E-state index contributed by atoms with van der Waals surface area (Å²) >= 11 is 0. The van der Waals surface area contributed by atoms with Crippen LogP contribution in [-0.4, -0.2) is 79.7 Å². The third-order valence-corrected chi connectivity index (χ3v) is 5.15. The molecule has 0 aromatic heterocycles. The fraction of sp³-hybridized carbons (Fsp3) is 1.00. The summed E-state index contributed by atoms with van der Waals surface area (Å²) in [4.78, 5) is 4.82. The molecule has 2 aliphatic rings. The lowest BCUT2D eigenvalue weighted by Gasteiger charge is -2.40. The van der Waals surface area contributed by atoms with Crippen LogP contribution in [-0.2, 0) is 9.47 Å². The third-order valence-electron chi connectivity index (χ3n) is 5.15. The van der Waals surface area contributed by atoms with Gasteiger partial charge in [-0.2, -0.15) is 0 Å². The van der Waals surface area contributed by atoms with Crippen molar-refractivity contribution in [1.29, 1.82) is 0 Å². The number of ether oxygens (including phenoxy) is 2. The van der Waals surface area contributed by atoms with Gasteiger partial charge in [0.2, 0.25) is 0 Å². The normalized spacial score (nSPS) is 28.0. The molecule has 5 heteroatoms. The molecule has 2 rings (SSSR count). The molecule has 0 spiro atoms. The molecule has 0 bridgehead atoms. The van der Waals surface area contributed by atoms with Crippen LogP contribution in [0.1, 0.15) is 53.9 Å². The van der Waals surface area contributed by atoms with Crippen molar-refractivity contribution in [1.82, 2.24) is 9.80 Å². The van der Waals surface area contributed by atoms with Crippen molar-refractivity contribution >= 4 is 0 Å². The van der Waals surface area contributed by atoms with Crippen LogP contribution in [0.5, 0.6) is 0 Å². The van der Waals surface area contributed by atoms with E-state index in [1.807, 2.05) is 20.8 Å². The van der Waals surface area contributed by atoms with Gasteiger partial charge in [-0.3, -0.25) is 4.90 Å². The Balaban J connectivity index is 1.64. The molecule has 0 aromatic carbocycles. The predicted octanol–water partition coefficient (Wildman–Crippen LogP) is 3.35. The van der Waals surface area contributed by atoms with E-state index in [2.05, 4.69) is 23.6 Å². The zero-order valence-corrected chi connectivity index (χ0v) is 17.0. The first-order valence-electron chi connectivity index (χ1n) is 10.1. The molecule has 25 heavy (non-hydrogen) atoms. The average Bonchev–Trinajstić information content (AvgIpc) is 2.50. The third kappa shape index (κ3) is 7.90. The summed E-state index contributed by atoms with van der Waals surface area (Å²) in [6.45, 7) is 16.9. The second kappa shape index (κ2) is 9.63. The van der Waals surface area contributed by atoms with Crippen LogP contribution in [0.2, 0.25) is 0 Å². The first-order valence-corrected chi connectivity index (χ1v) is 10.1. The number of hydrogen-bond donors (Lipinski definition) is 0. The van der Waals surface area contributed by atoms with Gasteiger partial charge in [-0.25, -0.2) is 4.39 Å². The Labute approximate surface area is 154 Å². The summed E-state index contributed by atoms with van der Waals surface area (Å²) in [6, 6.07) is 0. The van der Waals surface area contributed by atoms with E-state index < -0.39 is 6.17 Å². The van der Waals surface area contributed by atoms with Gasteiger partial charge in [-0.1, -0.05) is 0 Å². The summed E-state index contributed by atoms with van der Waals surface area (Å²) in [6.07, 6.45) is 2.47. The Hall–Kier alpha value is -0.230. The lowest BCUT2D eigenvalue weighted by atomic mass is 9.94. The van der Waals surface area contributed by atoms with Gasteiger partial charge < -0.3 is 14.4 Å². The average molecular weight is 359 g/mol. The summed E-state index contributed by atoms with van der Waals surface area (Å²) in [5, 5.41) is 0. The molecule has 4 nitrogen and oxygen atoms in total. The monoisotopic (exact) mass is 358 g/mol. The molecular formula is C20H39FN2O2. The Morgan fingerprint density at radius 2 is 1.68 bits per heavy atom. The summed E-state index contributed by atoms with van der Waals surface area (Å²) in [5.74, 6) is 0.703. The summed E-state index contributed by atoms with van der Waals surface area (Å²) in [5.41, 5.74) is -0.261.